The van der Waals surface area contributed by atoms with Gasteiger partial charge in [-0.2, -0.15) is 8.42 Å². The first-order chi connectivity index (χ1) is 11.9. The highest BCUT2D eigenvalue weighted by Gasteiger charge is 2.20. The first-order valence-corrected chi connectivity index (χ1v) is 9.49. The Morgan fingerprint density at radius 2 is 1.76 bits per heavy atom. The van der Waals surface area contributed by atoms with Crippen LogP contribution >= 0.6 is 0 Å². The lowest BCUT2D eigenvalue weighted by molar-refractivity contribution is -0.0281. The van der Waals surface area contributed by atoms with Gasteiger partial charge in [0.15, 0.2) is 0 Å². The summed E-state index contributed by atoms with van der Waals surface area (Å²) in [4.78, 5) is 2.30. The summed E-state index contributed by atoms with van der Waals surface area (Å²) in [6.45, 7) is 5.99. The largest absolute Gasteiger partial charge is 0.508 e. The van der Waals surface area contributed by atoms with Crippen LogP contribution in [0.4, 0.5) is 0 Å². The summed E-state index contributed by atoms with van der Waals surface area (Å²) in [6.07, 6.45) is 0.152. The van der Waals surface area contributed by atoms with E-state index in [2.05, 4.69) is 11.8 Å². The van der Waals surface area contributed by atoms with E-state index in [1.54, 1.807) is 30.3 Å². The van der Waals surface area contributed by atoms with Gasteiger partial charge in [0.1, 0.15) is 5.75 Å². The molecule has 1 heterocycles. The molecule has 0 amide bonds. The van der Waals surface area contributed by atoms with Crippen molar-refractivity contribution in [3.63, 3.8) is 0 Å². The summed E-state index contributed by atoms with van der Waals surface area (Å²) in [5, 5.41) is 9.20. The molecule has 1 aliphatic rings. The Balaban J connectivity index is 0.000000196. The maximum Gasteiger partial charge on any atom is 0.294 e. The normalized spacial score (nSPS) is 18.2. The minimum atomic E-state index is -4.00. The standard InChI is InChI=1S/C12H17NO2.C6H6O3S/c1-2-13-7-8-15-12(9-13)10-3-5-11(14)6-4-10;7-10(8,9)6-4-2-1-3-5-6/h3-6,12,14H,2,7-9H2,1H3;1-5H,(H,7,8,9)/t12-;/m1./s1. The maximum absolute atomic E-state index is 10.4. The third-order valence-electron chi connectivity index (χ3n) is 3.90. The number of hydrogen-bond acceptors (Lipinski definition) is 5. The van der Waals surface area contributed by atoms with Gasteiger partial charge in [-0.25, -0.2) is 0 Å². The van der Waals surface area contributed by atoms with Crippen LogP contribution in [0.1, 0.15) is 18.6 Å². The molecule has 0 aliphatic carbocycles. The van der Waals surface area contributed by atoms with Crippen molar-refractivity contribution >= 4 is 10.1 Å². The Bertz CT molecular complexity index is 747. The minimum absolute atomic E-state index is 0.0741. The summed E-state index contributed by atoms with van der Waals surface area (Å²) < 4.78 is 35.0. The summed E-state index contributed by atoms with van der Waals surface area (Å²) in [5.74, 6) is 0.307. The second kappa shape index (κ2) is 8.96. The van der Waals surface area contributed by atoms with E-state index in [0.29, 0.717) is 5.75 Å². The van der Waals surface area contributed by atoms with Gasteiger partial charge in [0, 0.05) is 13.1 Å². The number of nitrogens with zero attached hydrogens (tertiary/aromatic N) is 1. The molecule has 3 rings (SSSR count). The van der Waals surface area contributed by atoms with E-state index >= 15 is 0 Å². The third kappa shape index (κ3) is 6.13. The van der Waals surface area contributed by atoms with Gasteiger partial charge in [0.25, 0.3) is 10.1 Å². The molecule has 6 nitrogen and oxygen atoms in total. The second-order valence-corrected chi connectivity index (χ2v) is 7.05. The van der Waals surface area contributed by atoms with E-state index in [4.69, 9.17) is 9.29 Å². The number of aromatic hydroxyl groups is 1. The zero-order valence-electron chi connectivity index (χ0n) is 14.1. The number of ether oxygens (including phenoxy) is 1. The van der Waals surface area contributed by atoms with Crippen LogP contribution in [0.15, 0.2) is 59.5 Å². The topological polar surface area (TPSA) is 87.1 Å². The molecule has 0 unspecified atom stereocenters. The zero-order valence-corrected chi connectivity index (χ0v) is 14.9. The van der Waals surface area contributed by atoms with Gasteiger partial charge >= 0.3 is 0 Å². The second-order valence-electron chi connectivity index (χ2n) is 5.63. The molecule has 0 saturated carbocycles. The summed E-state index contributed by atoms with van der Waals surface area (Å²) in [7, 11) is -4.00. The SMILES string of the molecule is CCN1CCO[C@@H](c2ccc(O)cc2)C1.O=S(=O)(O)c1ccccc1. The van der Waals surface area contributed by atoms with E-state index in [1.807, 2.05) is 12.1 Å². The van der Waals surface area contributed by atoms with Crippen LogP contribution in [0.5, 0.6) is 5.75 Å². The summed E-state index contributed by atoms with van der Waals surface area (Å²) in [6, 6.07) is 14.7. The summed E-state index contributed by atoms with van der Waals surface area (Å²) in [5.41, 5.74) is 1.14. The number of hydrogen-bond donors (Lipinski definition) is 2. The maximum atomic E-state index is 10.4. The third-order valence-corrected chi connectivity index (χ3v) is 4.77. The fraction of sp³-hybridized carbons (Fsp3) is 0.333. The van der Waals surface area contributed by atoms with Crippen LogP contribution in [-0.4, -0.2) is 49.2 Å². The molecule has 0 aromatic heterocycles. The molecule has 7 heteroatoms. The zero-order chi connectivity index (χ0) is 18.3. The number of likely N-dealkylation sites (N-methyl/N-ethyl adjacent to an activating group) is 1. The van der Waals surface area contributed by atoms with Crippen molar-refractivity contribution < 1.29 is 22.8 Å². The fourth-order valence-electron chi connectivity index (χ4n) is 2.47. The molecule has 0 bridgehead atoms. The molecule has 2 N–H and O–H groups in total. The highest BCUT2D eigenvalue weighted by atomic mass is 32.2. The average Bonchev–Trinajstić information content (AvgIpc) is 2.63. The Hall–Kier alpha value is -1.93. The van der Waals surface area contributed by atoms with Gasteiger partial charge in [0.05, 0.1) is 17.6 Å². The van der Waals surface area contributed by atoms with Gasteiger partial charge in [-0.15, -0.1) is 0 Å². The molecule has 0 radical (unpaired) electrons. The van der Waals surface area contributed by atoms with Crippen molar-refractivity contribution in [1.82, 2.24) is 4.90 Å². The smallest absolute Gasteiger partial charge is 0.294 e. The number of rotatable bonds is 3. The molecule has 0 spiro atoms. The van der Waals surface area contributed by atoms with Crippen LogP contribution in [0, 0.1) is 0 Å². The van der Waals surface area contributed by atoms with Crippen LogP contribution in [0.3, 0.4) is 0 Å². The number of morpholine rings is 1. The predicted octanol–water partition coefficient (Wildman–Crippen LogP) is 2.72. The Morgan fingerprint density at radius 1 is 1.12 bits per heavy atom. The number of phenolic OH excluding ortho intramolecular Hbond substituents is 1. The first kappa shape index (κ1) is 19.4. The lowest BCUT2D eigenvalue weighted by atomic mass is 10.1. The van der Waals surface area contributed by atoms with Gasteiger partial charge in [0.2, 0.25) is 0 Å². The Morgan fingerprint density at radius 3 is 2.28 bits per heavy atom. The Kier molecular flexibility index (Phi) is 6.95. The molecule has 1 fully saturated rings. The van der Waals surface area contributed by atoms with Crippen molar-refractivity contribution in [3.05, 3.63) is 60.2 Å². The predicted molar refractivity (Wildman–Crippen MR) is 95.2 cm³/mol. The fourth-order valence-corrected chi connectivity index (χ4v) is 2.97. The van der Waals surface area contributed by atoms with Crippen molar-refractivity contribution in [2.75, 3.05) is 26.2 Å². The quantitative estimate of drug-likeness (QED) is 0.814. The average molecular weight is 365 g/mol. The molecule has 1 saturated heterocycles. The van der Waals surface area contributed by atoms with Gasteiger partial charge in [-0.05, 0) is 36.4 Å². The minimum Gasteiger partial charge on any atom is -0.508 e. The van der Waals surface area contributed by atoms with Crippen LogP contribution in [0.2, 0.25) is 0 Å². The van der Waals surface area contributed by atoms with Crippen molar-refractivity contribution in [3.8, 4) is 5.75 Å². The molecule has 1 aliphatic heterocycles. The molecular weight excluding hydrogens is 342 g/mol. The lowest BCUT2D eigenvalue weighted by Gasteiger charge is -2.32. The van der Waals surface area contributed by atoms with Gasteiger partial charge in [-0.1, -0.05) is 37.3 Å². The van der Waals surface area contributed by atoms with Crippen LogP contribution in [0.25, 0.3) is 0 Å². The monoisotopic (exact) mass is 365 g/mol. The molecule has 136 valence electrons. The van der Waals surface area contributed by atoms with Crippen molar-refractivity contribution in [1.29, 1.82) is 0 Å². The highest BCUT2D eigenvalue weighted by molar-refractivity contribution is 7.85. The summed E-state index contributed by atoms with van der Waals surface area (Å²) >= 11 is 0. The van der Waals surface area contributed by atoms with E-state index in [1.165, 1.54) is 12.1 Å². The van der Waals surface area contributed by atoms with E-state index in [0.717, 1.165) is 31.8 Å². The number of benzene rings is 2. The van der Waals surface area contributed by atoms with Crippen LogP contribution in [-0.2, 0) is 14.9 Å². The lowest BCUT2D eigenvalue weighted by Crippen LogP contribution is -2.37. The molecular formula is C18H23NO5S. The van der Waals surface area contributed by atoms with Gasteiger partial charge < -0.3 is 9.84 Å². The first-order valence-electron chi connectivity index (χ1n) is 8.05. The Labute approximate surface area is 148 Å². The van der Waals surface area contributed by atoms with E-state index in [-0.39, 0.29) is 11.0 Å². The highest BCUT2D eigenvalue weighted by Crippen LogP contribution is 2.23. The number of phenols is 1. The molecule has 2 aromatic carbocycles. The van der Waals surface area contributed by atoms with Crippen molar-refractivity contribution in [2.45, 2.75) is 17.9 Å². The van der Waals surface area contributed by atoms with Gasteiger partial charge in [-0.3, -0.25) is 9.45 Å². The molecule has 1 atom stereocenters. The van der Waals surface area contributed by atoms with Crippen molar-refractivity contribution in [2.24, 2.45) is 0 Å². The van der Waals surface area contributed by atoms with Crippen LogP contribution < -0.4 is 0 Å². The molecule has 2 aromatic rings. The van der Waals surface area contributed by atoms with E-state index < -0.39 is 10.1 Å². The van der Waals surface area contributed by atoms with E-state index in [9.17, 15) is 13.5 Å². The molecule has 25 heavy (non-hydrogen) atoms.